The normalized spacial score (nSPS) is 10.6. The molecule has 144 valence electrons. The molecule has 1 N–H and O–H groups in total. The quantitative estimate of drug-likeness (QED) is 0.773. The van der Waals surface area contributed by atoms with E-state index in [-0.39, 0.29) is 35.7 Å². The summed E-state index contributed by atoms with van der Waals surface area (Å²) >= 11 is 5.89. The highest BCUT2D eigenvalue weighted by Gasteiger charge is 2.17. The van der Waals surface area contributed by atoms with Crippen molar-refractivity contribution < 1.29 is 18.7 Å². The van der Waals surface area contributed by atoms with Crippen LogP contribution in [0.15, 0.2) is 42.5 Å². The lowest BCUT2D eigenvalue weighted by Crippen LogP contribution is -2.37. The number of nitrogens with one attached hydrogen (secondary N) is 1. The maximum absolute atomic E-state index is 13.8. The SMILES string of the molecule is CC(=O)N(CCNC(=O)c1c(F)cccc1Cl)c1ccc(OC(C)C)cc1. The number of carbonyl (C=O) groups is 2. The van der Waals surface area contributed by atoms with Crippen molar-refractivity contribution in [1.82, 2.24) is 5.32 Å². The molecule has 0 atom stereocenters. The minimum atomic E-state index is -0.691. The fourth-order valence-corrected chi connectivity index (χ4v) is 2.78. The standard InChI is InChI=1S/C20H22ClFN2O3/c1-13(2)27-16-9-7-15(8-10-16)24(14(3)25)12-11-23-20(26)19-17(21)5-4-6-18(19)22/h4-10,13H,11-12H2,1-3H3,(H,23,26). The highest BCUT2D eigenvalue weighted by atomic mass is 35.5. The zero-order chi connectivity index (χ0) is 20.0. The predicted molar refractivity (Wildman–Crippen MR) is 104 cm³/mol. The third-order valence-corrected chi connectivity index (χ3v) is 4.03. The molecule has 0 spiro atoms. The third kappa shape index (κ3) is 5.69. The number of benzene rings is 2. The molecule has 5 nitrogen and oxygen atoms in total. The number of amides is 2. The molecule has 0 heterocycles. The molecule has 0 bridgehead atoms. The van der Waals surface area contributed by atoms with Gasteiger partial charge in [-0.3, -0.25) is 9.59 Å². The van der Waals surface area contributed by atoms with Crippen molar-refractivity contribution in [3.8, 4) is 5.75 Å². The first-order valence-electron chi connectivity index (χ1n) is 8.56. The number of anilines is 1. The highest BCUT2D eigenvalue weighted by Crippen LogP contribution is 2.21. The van der Waals surface area contributed by atoms with Gasteiger partial charge >= 0.3 is 0 Å². The molecule has 7 heteroatoms. The summed E-state index contributed by atoms with van der Waals surface area (Å²) in [4.78, 5) is 25.6. The number of carbonyl (C=O) groups excluding carboxylic acids is 2. The van der Waals surface area contributed by atoms with Crippen LogP contribution in [0.2, 0.25) is 5.02 Å². The van der Waals surface area contributed by atoms with E-state index in [0.29, 0.717) is 11.4 Å². The van der Waals surface area contributed by atoms with Gasteiger partial charge in [-0.25, -0.2) is 4.39 Å². The van der Waals surface area contributed by atoms with Gasteiger partial charge in [0.2, 0.25) is 5.91 Å². The number of hydrogen-bond acceptors (Lipinski definition) is 3. The van der Waals surface area contributed by atoms with Gasteiger partial charge in [-0.15, -0.1) is 0 Å². The maximum Gasteiger partial charge on any atom is 0.255 e. The Morgan fingerprint density at radius 1 is 1.19 bits per heavy atom. The molecular weight excluding hydrogens is 371 g/mol. The van der Waals surface area contributed by atoms with E-state index >= 15 is 0 Å². The van der Waals surface area contributed by atoms with Gasteiger partial charge in [0, 0.05) is 25.7 Å². The average Bonchev–Trinajstić information content (AvgIpc) is 2.59. The lowest BCUT2D eigenvalue weighted by atomic mass is 10.2. The van der Waals surface area contributed by atoms with Crippen LogP contribution in [0.25, 0.3) is 0 Å². The van der Waals surface area contributed by atoms with Crippen LogP contribution in [-0.2, 0) is 4.79 Å². The summed E-state index contributed by atoms with van der Waals surface area (Å²) < 4.78 is 19.4. The molecule has 0 saturated heterocycles. The van der Waals surface area contributed by atoms with E-state index in [4.69, 9.17) is 16.3 Å². The molecule has 0 aliphatic rings. The molecule has 0 aromatic heterocycles. The van der Waals surface area contributed by atoms with Crippen molar-refractivity contribution in [2.75, 3.05) is 18.0 Å². The zero-order valence-electron chi connectivity index (χ0n) is 15.5. The lowest BCUT2D eigenvalue weighted by molar-refractivity contribution is -0.116. The molecular formula is C20H22ClFN2O3. The first-order chi connectivity index (χ1) is 12.8. The van der Waals surface area contributed by atoms with Crippen LogP contribution in [0.1, 0.15) is 31.1 Å². The van der Waals surface area contributed by atoms with Gasteiger partial charge in [0.05, 0.1) is 16.7 Å². The van der Waals surface area contributed by atoms with Gasteiger partial charge in [0.25, 0.3) is 5.91 Å². The van der Waals surface area contributed by atoms with Gasteiger partial charge in [-0.05, 0) is 50.2 Å². The van der Waals surface area contributed by atoms with Gasteiger partial charge in [0.15, 0.2) is 0 Å². The number of ether oxygens (including phenoxy) is 1. The zero-order valence-corrected chi connectivity index (χ0v) is 16.2. The molecule has 2 aromatic rings. The van der Waals surface area contributed by atoms with E-state index in [1.54, 1.807) is 24.3 Å². The monoisotopic (exact) mass is 392 g/mol. The molecule has 0 fully saturated rings. The fraction of sp³-hybridized carbons (Fsp3) is 0.300. The number of hydrogen-bond donors (Lipinski definition) is 1. The highest BCUT2D eigenvalue weighted by molar-refractivity contribution is 6.33. The Bertz CT molecular complexity index is 789. The van der Waals surface area contributed by atoms with Crippen molar-refractivity contribution in [1.29, 1.82) is 0 Å². The topological polar surface area (TPSA) is 58.6 Å². The Morgan fingerprint density at radius 2 is 1.85 bits per heavy atom. The second-order valence-electron chi connectivity index (χ2n) is 6.18. The lowest BCUT2D eigenvalue weighted by Gasteiger charge is -2.22. The average molecular weight is 393 g/mol. The Kier molecular flexibility index (Phi) is 7.19. The summed E-state index contributed by atoms with van der Waals surface area (Å²) in [5, 5.41) is 2.63. The molecule has 2 amide bonds. The van der Waals surface area contributed by atoms with Crippen LogP contribution < -0.4 is 15.0 Å². The van der Waals surface area contributed by atoms with E-state index in [9.17, 15) is 14.0 Å². The summed E-state index contributed by atoms with van der Waals surface area (Å²) in [7, 11) is 0. The molecule has 0 saturated carbocycles. The first kappa shape index (κ1) is 20.7. The number of rotatable bonds is 7. The molecule has 0 unspecified atom stereocenters. The van der Waals surface area contributed by atoms with Crippen LogP contribution in [0.3, 0.4) is 0 Å². The molecule has 2 rings (SSSR count). The first-order valence-corrected chi connectivity index (χ1v) is 8.94. The Hall–Kier alpha value is -2.60. The summed E-state index contributed by atoms with van der Waals surface area (Å²) in [6.45, 7) is 5.68. The van der Waals surface area contributed by atoms with Crippen LogP contribution in [0, 0.1) is 5.82 Å². The van der Waals surface area contributed by atoms with Crippen LogP contribution in [-0.4, -0.2) is 31.0 Å². The van der Waals surface area contributed by atoms with Crippen molar-refractivity contribution >= 4 is 29.1 Å². The summed E-state index contributed by atoms with van der Waals surface area (Å²) in [5.41, 5.74) is 0.473. The Balaban J connectivity index is 2.01. The third-order valence-electron chi connectivity index (χ3n) is 3.71. The Labute approximate surface area is 163 Å². The molecule has 2 aromatic carbocycles. The maximum atomic E-state index is 13.8. The summed E-state index contributed by atoms with van der Waals surface area (Å²) in [6.07, 6.45) is 0.0557. The minimum Gasteiger partial charge on any atom is -0.491 e. The van der Waals surface area contributed by atoms with E-state index < -0.39 is 11.7 Å². The molecule has 0 aliphatic carbocycles. The largest absolute Gasteiger partial charge is 0.491 e. The smallest absolute Gasteiger partial charge is 0.255 e. The van der Waals surface area contributed by atoms with E-state index in [1.807, 2.05) is 13.8 Å². The van der Waals surface area contributed by atoms with E-state index in [0.717, 1.165) is 0 Å². The van der Waals surface area contributed by atoms with Crippen molar-refractivity contribution in [3.05, 3.63) is 58.9 Å². The molecule has 0 radical (unpaired) electrons. The van der Waals surface area contributed by atoms with Gasteiger partial charge in [-0.1, -0.05) is 17.7 Å². The van der Waals surface area contributed by atoms with Crippen molar-refractivity contribution in [3.63, 3.8) is 0 Å². The molecule has 0 aliphatic heterocycles. The molecule has 27 heavy (non-hydrogen) atoms. The second kappa shape index (κ2) is 9.37. The number of halogens is 2. The van der Waals surface area contributed by atoms with E-state index in [1.165, 1.54) is 30.0 Å². The number of nitrogens with zero attached hydrogens (tertiary/aromatic N) is 1. The minimum absolute atomic E-state index is 0.0386. The van der Waals surface area contributed by atoms with Crippen molar-refractivity contribution in [2.24, 2.45) is 0 Å². The van der Waals surface area contributed by atoms with Crippen LogP contribution in [0.5, 0.6) is 5.75 Å². The van der Waals surface area contributed by atoms with Crippen LogP contribution in [0.4, 0.5) is 10.1 Å². The van der Waals surface area contributed by atoms with Crippen LogP contribution >= 0.6 is 11.6 Å². The predicted octanol–water partition coefficient (Wildman–Crippen LogP) is 4.05. The second-order valence-corrected chi connectivity index (χ2v) is 6.59. The fourth-order valence-electron chi connectivity index (χ4n) is 2.53. The Morgan fingerprint density at radius 3 is 2.41 bits per heavy atom. The summed E-state index contributed by atoms with van der Waals surface area (Å²) in [5.74, 6) is -0.781. The van der Waals surface area contributed by atoms with Gasteiger partial charge in [-0.2, -0.15) is 0 Å². The summed E-state index contributed by atoms with van der Waals surface area (Å²) in [6, 6.07) is 11.2. The van der Waals surface area contributed by atoms with Gasteiger partial charge < -0.3 is 15.0 Å². The van der Waals surface area contributed by atoms with Crippen molar-refractivity contribution in [2.45, 2.75) is 26.9 Å². The van der Waals surface area contributed by atoms with Gasteiger partial charge in [0.1, 0.15) is 11.6 Å². The van der Waals surface area contributed by atoms with E-state index in [2.05, 4.69) is 5.32 Å².